The molecule has 4 rings (SSSR count). The maximum Gasteiger partial charge on any atom is 0.333 e. The smallest absolute Gasteiger partial charge is 0.333 e. The number of aliphatic carboxylic acids is 2. The van der Waals surface area contributed by atoms with Crippen molar-refractivity contribution in [2.24, 2.45) is 11.1 Å². The number of aliphatic hydroxyl groups is 2. The van der Waals surface area contributed by atoms with Gasteiger partial charge in [0, 0.05) is 74.8 Å². The van der Waals surface area contributed by atoms with E-state index in [1.165, 1.54) is 18.7 Å². The fourth-order valence-corrected chi connectivity index (χ4v) is 9.74. The van der Waals surface area contributed by atoms with Gasteiger partial charge in [-0.2, -0.15) is 0 Å². The number of nitrogens with two attached hydrogens (primary N) is 1. The third kappa shape index (κ3) is 23.0. The number of nitrogens with zero attached hydrogens (tertiary/aromatic N) is 4. The number of carbonyl (C=O) groups is 12. The molecule has 2 heterocycles. The largest absolute Gasteiger partial charge is 0.481 e. The average Bonchev–Trinajstić information content (AvgIpc) is 1.68. The van der Waals surface area contributed by atoms with Crippen molar-refractivity contribution in [3.63, 3.8) is 0 Å². The van der Waals surface area contributed by atoms with Crippen molar-refractivity contribution in [3.8, 4) is 11.1 Å². The van der Waals surface area contributed by atoms with E-state index in [0.29, 0.717) is 36.6 Å². The monoisotopic (exact) mass is 1270 g/mol. The van der Waals surface area contributed by atoms with Gasteiger partial charge in [-0.3, -0.25) is 58.2 Å². The summed E-state index contributed by atoms with van der Waals surface area (Å²) < 4.78 is 31.9. The van der Waals surface area contributed by atoms with E-state index in [1.807, 2.05) is 12.1 Å². The van der Waals surface area contributed by atoms with E-state index in [4.69, 9.17) is 15.7 Å². The number of unbranched alkanes of at least 4 members (excludes halogenated alkanes) is 2. The summed E-state index contributed by atoms with van der Waals surface area (Å²) in [5.41, 5.74) is 5.89. The molecule has 0 bridgehead atoms. The lowest BCUT2D eigenvalue weighted by Crippen LogP contribution is -2.60. The number of hydrogen-bond donors (Lipinski definition) is 11. The van der Waals surface area contributed by atoms with E-state index >= 15 is 4.39 Å². The molecule has 30 heteroatoms. The molecule has 1 unspecified atom stereocenters. The summed E-state index contributed by atoms with van der Waals surface area (Å²) in [6.07, 6.45) is -1.80. The van der Waals surface area contributed by atoms with Crippen LogP contribution in [0.15, 0.2) is 60.8 Å². The van der Waals surface area contributed by atoms with Gasteiger partial charge in [0.1, 0.15) is 42.6 Å². The Morgan fingerprint density at radius 1 is 0.756 bits per heavy atom. The molecule has 1 fully saturated rings. The Balaban J connectivity index is 1.54. The van der Waals surface area contributed by atoms with Gasteiger partial charge in [-0.05, 0) is 95.3 Å². The number of primary amides is 1. The fraction of sp³-hybridized carbons (Fsp3) is 0.533. The standard InChI is InChI=1S/C60H83F2N11O17/c1-34(66-56(85)36(3)70(7)26-13-9-12-16-52(82)90-73-48(77)20-21-49(73)78)54(83)65-35(2)55(84)69-44(30-46(63)75)58(87)68-42(57(86)64-25-23-47(76)67-43(59(88)89)19-22-51(80)81)24-27-72(50(79)33-74)53(60(4,5)6)45-28-38(40-29-39(61)17-18-41(40)62)32-71(45)31-37-14-10-8-11-15-37/h8,10-11,14-15,17-18,28-29,32,34-36,42-44,53,55,69,74,84H,9,12-13,16,19-27,30-31,33H2,1-7H3,(H2,63,75)(H,64,86)(H,65,83)(H,66,85)(H,67,76)(H,68,87)(H,80,81)(H,88,89)/t34-,35+,36-,42-,43+,44-,53-,55?/m0/s1. The first kappa shape index (κ1) is 73.7. The Bertz CT molecular complexity index is 3040. The van der Waals surface area contributed by atoms with Crippen LogP contribution in [0.2, 0.25) is 0 Å². The lowest BCUT2D eigenvalue weighted by molar-refractivity contribution is -0.197. The normalized spacial score (nSPS) is 15.1. The Morgan fingerprint density at radius 2 is 1.42 bits per heavy atom. The fourth-order valence-electron chi connectivity index (χ4n) is 9.74. The molecule has 1 saturated heterocycles. The molecule has 0 saturated carbocycles. The Kier molecular flexibility index (Phi) is 28.6. The molecule has 494 valence electrons. The Labute approximate surface area is 518 Å². The molecule has 3 aromatic rings. The van der Waals surface area contributed by atoms with E-state index in [9.17, 15) is 77.2 Å². The van der Waals surface area contributed by atoms with E-state index in [1.54, 1.807) is 74.7 Å². The Hall–Kier alpha value is -8.74. The van der Waals surface area contributed by atoms with Crippen LogP contribution in [-0.4, -0.2) is 187 Å². The minimum Gasteiger partial charge on any atom is -0.481 e. The summed E-state index contributed by atoms with van der Waals surface area (Å²) in [5, 5.41) is 55.8. The lowest BCUT2D eigenvalue weighted by Gasteiger charge is -2.41. The highest BCUT2D eigenvalue weighted by atomic mass is 19.1. The summed E-state index contributed by atoms with van der Waals surface area (Å²) in [6.45, 7) is 8.15. The molecule has 28 nitrogen and oxygen atoms in total. The van der Waals surface area contributed by atoms with Crippen molar-refractivity contribution in [3.05, 3.63) is 83.7 Å². The molecule has 0 radical (unpaired) electrons. The summed E-state index contributed by atoms with van der Waals surface area (Å²) in [5.74, 6) is -12.5. The number of nitrogens with one attached hydrogen (secondary N) is 6. The zero-order chi connectivity index (χ0) is 67.2. The zero-order valence-electron chi connectivity index (χ0n) is 51.4. The SMILES string of the molecule is C[C@H](NC(=O)[C@H](C)N(C)CCCCCC(=O)ON1C(=O)CCC1=O)C(=O)N[C@H](C)C(O)N[C@@H](CC(N)=O)C(=O)N[C@@H](CCN(C(=O)CO)[C@@H](c1cc(-c2cc(F)ccc2F)cn1Cc1ccccc1)C(C)(C)C)C(=O)NCCC(=O)N[C@H](CCC(=O)O)C(=O)O. The number of benzene rings is 2. The number of halogens is 2. The number of carboxylic acids is 2. The number of likely N-dealkylation sites (N-methyl/N-ethyl adjacent to an activating group) is 1. The van der Waals surface area contributed by atoms with Gasteiger partial charge >= 0.3 is 17.9 Å². The van der Waals surface area contributed by atoms with Gasteiger partial charge in [0.15, 0.2) is 0 Å². The van der Waals surface area contributed by atoms with Gasteiger partial charge in [0.25, 0.3) is 11.8 Å². The highest BCUT2D eigenvalue weighted by Gasteiger charge is 2.39. The van der Waals surface area contributed by atoms with E-state index in [-0.39, 0.29) is 36.9 Å². The molecule has 12 N–H and O–H groups in total. The van der Waals surface area contributed by atoms with Crippen LogP contribution < -0.4 is 37.6 Å². The number of amides is 9. The van der Waals surface area contributed by atoms with Crippen LogP contribution in [0, 0.1) is 17.0 Å². The maximum absolute atomic E-state index is 15.5. The second-order valence-electron chi connectivity index (χ2n) is 23.1. The summed E-state index contributed by atoms with van der Waals surface area (Å²) >= 11 is 0. The van der Waals surface area contributed by atoms with E-state index in [2.05, 4.69) is 31.9 Å². The van der Waals surface area contributed by atoms with Crippen molar-refractivity contribution in [1.29, 1.82) is 0 Å². The van der Waals surface area contributed by atoms with Gasteiger partial charge in [-0.25, -0.2) is 18.4 Å². The summed E-state index contributed by atoms with van der Waals surface area (Å²) in [4.78, 5) is 161. The van der Waals surface area contributed by atoms with Crippen molar-refractivity contribution < 1.29 is 91.6 Å². The van der Waals surface area contributed by atoms with E-state index < -0.39 is 188 Å². The second-order valence-corrected chi connectivity index (χ2v) is 23.1. The van der Waals surface area contributed by atoms with Crippen molar-refractivity contribution in [2.45, 2.75) is 167 Å². The number of rotatable bonds is 37. The van der Waals surface area contributed by atoms with Crippen LogP contribution in [0.25, 0.3) is 11.1 Å². The number of hydroxylamine groups is 2. The van der Waals surface area contributed by atoms with Gasteiger partial charge in [0.2, 0.25) is 41.4 Å². The molecular formula is C60H83F2N11O17. The summed E-state index contributed by atoms with van der Waals surface area (Å²) in [7, 11) is 1.67. The predicted molar refractivity (Wildman–Crippen MR) is 317 cm³/mol. The number of imide groups is 1. The predicted octanol–water partition coefficient (Wildman–Crippen LogP) is 0.854. The number of carboxylic acid groups (broad SMARTS) is 2. The minimum atomic E-state index is -1.83. The van der Waals surface area contributed by atoms with Gasteiger partial charge in [0.05, 0.1) is 30.6 Å². The topological polar surface area (TPSA) is 408 Å². The quantitative estimate of drug-likeness (QED) is 0.0217. The van der Waals surface area contributed by atoms with Crippen LogP contribution in [-0.2, 0) is 68.9 Å². The maximum atomic E-state index is 15.5. The number of hydrogen-bond acceptors (Lipinski definition) is 17. The molecule has 2 aromatic carbocycles. The highest BCUT2D eigenvalue weighted by Crippen LogP contribution is 2.41. The Morgan fingerprint density at radius 3 is 2.03 bits per heavy atom. The second kappa shape index (κ2) is 34.9. The van der Waals surface area contributed by atoms with Gasteiger partial charge in [-0.15, -0.1) is 5.06 Å². The molecule has 0 spiro atoms. The molecule has 1 aliphatic rings. The van der Waals surface area contributed by atoms with Crippen LogP contribution >= 0.6 is 0 Å². The summed E-state index contributed by atoms with van der Waals surface area (Å²) in [6, 6.07) is 4.27. The molecule has 90 heavy (non-hydrogen) atoms. The highest BCUT2D eigenvalue weighted by molar-refractivity contribution is 6.01. The van der Waals surface area contributed by atoms with Crippen LogP contribution in [0.5, 0.6) is 0 Å². The van der Waals surface area contributed by atoms with Gasteiger partial charge in [-0.1, -0.05) is 57.5 Å². The van der Waals surface area contributed by atoms with E-state index in [0.717, 1.165) is 23.8 Å². The molecule has 8 atom stereocenters. The van der Waals surface area contributed by atoms with Crippen molar-refractivity contribution in [1.82, 2.24) is 51.3 Å². The van der Waals surface area contributed by atoms with Crippen LogP contribution in [0.4, 0.5) is 8.78 Å². The number of aliphatic hydroxyl groups excluding tert-OH is 2. The molecule has 1 aliphatic heterocycles. The minimum absolute atomic E-state index is 0.0287. The first-order chi connectivity index (χ1) is 42.3. The lowest BCUT2D eigenvalue weighted by atomic mass is 9.82. The molecular weight excluding hydrogens is 1180 g/mol. The molecule has 0 aliphatic carbocycles. The number of carbonyl (C=O) groups excluding carboxylic acids is 10. The van der Waals surface area contributed by atoms with Crippen molar-refractivity contribution in [2.75, 3.05) is 33.3 Å². The third-order valence-corrected chi connectivity index (χ3v) is 14.8. The van der Waals surface area contributed by atoms with Crippen molar-refractivity contribution >= 4 is 71.1 Å². The first-order valence-electron chi connectivity index (χ1n) is 29.3. The van der Waals surface area contributed by atoms with Gasteiger partial charge < -0.3 is 67.0 Å². The third-order valence-electron chi connectivity index (χ3n) is 14.8. The average molecular weight is 1270 g/mol. The molecule has 9 amide bonds. The molecule has 1 aromatic heterocycles. The van der Waals surface area contributed by atoms with Crippen LogP contribution in [0.3, 0.4) is 0 Å². The zero-order valence-corrected chi connectivity index (χ0v) is 51.4. The first-order valence-corrected chi connectivity index (χ1v) is 29.3. The number of aromatic nitrogens is 1. The van der Waals surface area contributed by atoms with Crippen LogP contribution in [0.1, 0.15) is 129 Å².